The first-order chi connectivity index (χ1) is 5.65. The lowest BCUT2D eigenvalue weighted by atomic mass is 10.1. The van der Waals surface area contributed by atoms with Crippen molar-refractivity contribution in [3.63, 3.8) is 0 Å². The van der Waals surface area contributed by atoms with Gasteiger partial charge in [-0.05, 0) is 12.5 Å². The highest BCUT2D eigenvalue weighted by atomic mass is 16.4. The molecule has 0 spiro atoms. The third-order valence-electron chi connectivity index (χ3n) is 1.61. The predicted molar refractivity (Wildman–Crippen MR) is 43.1 cm³/mol. The monoisotopic (exact) mass is 167 g/mol. The van der Waals surface area contributed by atoms with Crippen LogP contribution in [-0.4, -0.2) is 22.6 Å². The van der Waals surface area contributed by atoms with Crippen LogP contribution in [0.5, 0.6) is 0 Å². The number of nitrogens with zero attached hydrogens (tertiary/aromatic N) is 1. The summed E-state index contributed by atoms with van der Waals surface area (Å²) in [4.78, 5) is 25.2. The zero-order valence-corrected chi connectivity index (χ0v) is 6.70. The molecule has 64 valence electrons. The number of Topliss-reactive ketones (excluding diaryl/α,β-unsaturated/α-hetero) is 1. The van der Waals surface area contributed by atoms with Gasteiger partial charge in [-0.15, -0.1) is 0 Å². The highest BCUT2D eigenvalue weighted by molar-refractivity contribution is 6.41. The number of hydrogen-bond donors (Lipinski definition) is 1. The fourth-order valence-corrected chi connectivity index (χ4v) is 0.972. The standard InChI is InChI=1S/C8H9NO3/c1-2-5-7(10)4-3-6(9-5)8(11)12/h3H,2,4H2,1H3,(H,11,12). The van der Waals surface area contributed by atoms with E-state index in [9.17, 15) is 9.59 Å². The minimum absolute atomic E-state index is 0.0218. The molecule has 0 aromatic rings. The molecule has 1 heterocycles. The Kier molecular flexibility index (Phi) is 2.38. The van der Waals surface area contributed by atoms with Crippen molar-refractivity contribution in [2.45, 2.75) is 19.8 Å². The van der Waals surface area contributed by atoms with E-state index in [1.54, 1.807) is 6.92 Å². The van der Waals surface area contributed by atoms with Crippen LogP contribution in [0.15, 0.2) is 16.8 Å². The quantitative estimate of drug-likeness (QED) is 0.660. The minimum Gasteiger partial charge on any atom is -0.477 e. The second kappa shape index (κ2) is 3.30. The molecule has 0 aromatic carbocycles. The number of aliphatic imine (C=N–C) groups is 1. The first-order valence-electron chi connectivity index (χ1n) is 3.69. The van der Waals surface area contributed by atoms with Crippen molar-refractivity contribution in [2.24, 2.45) is 4.99 Å². The number of allylic oxidation sites excluding steroid dienone is 1. The normalized spacial score (nSPS) is 16.9. The number of carboxylic acids is 1. The number of carbonyl (C=O) groups excluding carboxylic acids is 1. The third-order valence-corrected chi connectivity index (χ3v) is 1.61. The summed E-state index contributed by atoms with van der Waals surface area (Å²) in [5.74, 6) is -1.16. The Morgan fingerprint density at radius 2 is 2.42 bits per heavy atom. The molecule has 0 saturated carbocycles. The lowest BCUT2D eigenvalue weighted by Gasteiger charge is -2.06. The van der Waals surface area contributed by atoms with Crippen LogP contribution >= 0.6 is 0 Å². The summed E-state index contributed by atoms with van der Waals surface area (Å²) in [7, 11) is 0. The van der Waals surface area contributed by atoms with Gasteiger partial charge in [-0.3, -0.25) is 4.79 Å². The molecule has 1 aliphatic rings. The summed E-state index contributed by atoms with van der Waals surface area (Å²) in [6, 6.07) is 0. The largest absolute Gasteiger partial charge is 0.477 e. The highest BCUT2D eigenvalue weighted by Gasteiger charge is 2.17. The Bertz CT molecular complexity index is 289. The number of hydrogen-bond acceptors (Lipinski definition) is 3. The van der Waals surface area contributed by atoms with E-state index in [0.717, 1.165) is 0 Å². The number of rotatable bonds is 2. The Hall–Kier alpha value is -1.45. The highest BCUT2D eigenvalue weighted by Crippen LogP contribution is 2.09. The van der Waals surface area contributed by atoms with Crippen molar-refractivity contribution in [1.82, 2.24) is 0 Å². The van der Waals surface area contributed by atoms with E-state index in [4.69, 9.17) is 5.11 Å². The first kappa shape index (κ1) is 8.64. The van der Waals surface area contributed by atoms with Crippen LogP contribution < -0.4 is 0 Å². The van der Waals surface area contributed by atoms with Crippen LogP contribution in [-0.2, 0) is 9.59 Å². The maximum atomic E-state index is 11.0. The Balaban J connectivity index is 2.92. The van der Waals surface area contributed by atoms with Crippen molar-refractivity contribution in [3.8, 4) is 0 Å². The van der Waals surface area contributed by atoms with Gasteiger partial charge in [0.25, 0.3) is 0 Å². The molecule has 1 N–H and O–H groups in total. The zero-order chi connectivity index (χ0) is 9.14. The van der Waals surface area contributed by atoms with Crippen molar-refractivity contribution in [3.05, 3.63) is 11.8 Å². The molecular formula is C8H9NO3. The van der Waals surface area contributed by atoms with Gasteiger partial charge in [0, 0.05) is 6.42 Å². The molecule has 0 unspecified atom stereocenters. The average molecular weight is 167 g/mol. The SMILES string of the molecule is CCC1=NC(C(=O)O)=CCC1=O. The number of aliphatic carboxylic acids is 1. The van der Waals surface area contributed by atoms with Crippen LogP contribution in [0, 0.1) is 0 Å². The topological polar surface area (TPSA) is 66.7 Å². The summed E-state index contributed by atoms with van der Waals surface area (Å²) in [6.07, 6.45) is 1.99. The lowest BCUT2D eigenvalue weighted by molar-refractivity contribution is -0.132. The van der Waals surface area contributed by atoms with E-state index in [2.05, 4.69) is 4.99 Å². The second-order valence-electron chi connectivity index (χ2n) is 2.43. The van der Waals surface area contributed by atoms with Crippen LogP contribution in [0.4, 0.5) is 0 Å². The van der Waals surface area contributed by atoms with E-state index in [0.29, 0.717) is 12.1 Å². The van der Waals surface area contributed by atoms with Crippen LogP contribution in [0.2, 0.25) is 0 Å². The molecule has 0 fully saturated rings. The fourth-order valence-electron chi connectivity index (χ4n) is 0.972. The molecule has 0 amide bonds. The van der Waals surface area contributed by atoms with Gasteiger partial charge in [0.2, 0.25) is 0 Å². The van der Waals surface area contributed by atoms with Crippen molar-refractivity contribution < 1.29 is 14.7 Å². The molecule has 4 nitrogen and oxygen atoms in total. The van der Waals surface area contributed by atoms with E-state index in [-0.39, 0.29) is 17.9 Å². The fraction of sp³-hybridized carbons (Fsp3) is 0.375. The summed E-state index contributed by atoms with van der Waals surface area (Å²) in [6.45, 7) is 1.78. The summed E-state index contributed by atoms with van der Waals surface area (Å²) in [5.41, 5.74) is 0.335. The van der Waals surface area contributed by atoms with Gasteiger partial charge < -0.3 is 5.11 Å². The summed E-state index contributed by atoms with van der Waals surface area (Å²) >= 11 is 0. The predicted octanol–water partition coefficient (Wildman–Crippen LogP) is 0.779. The minimum atomic E-state index is -1.08. The molecule has 0 aromatic heterocycles. The number of ketones is 1. The maximum Gasteiger partial charge on any atom is 0.354 e. The van der Waals surface area contributed by atoms with E-state index >= 15 is 0 Å². The van der Waals surface area contributed by atoms with Crippen molar-refractivity contribution in [1.29, 1.82) is 0 Å². The molecule has 4 heteroatoms. The van der Waals surface area contributed by atoms with Crippen LogP contribution in [0.3, 0.4) is 0 Å². The van der Waals surface area contributed by atoms with Crippen LogP contribution in [0.1, 0.15) is 19.8 Å². The number of carbonyl (C=O) groups is 2. The first-order valence-corrected chi connectivity index (χ1v) is 3.69. The Morgan fingerprint density at radius 1 is 1.75 bits per heavy atom. The Morgan fingerprint density at radius 3 is 2.92 bits per heavy atom. The van der Waals surface area contributed by atoms with Crippen LogP contribution in [0.25, 0.3) is 0 Å². The molecule has 0 radical (unpaired) electrons. The Labute approximate surface area is 69.6 Å². The van der Waals surface area contributed by atoms with E-state index in [1.807, 2.05) is 0 Å². The maximum absolute atomic E-state index is 11.0. The van der Waals surface area contributed by atoms with Crippen molar-refractivity contribution in [2.75, 3.05) is 0 Å². The third kappa shape index (κ3) is 1.58. The van der Waals surface area contributed by atoms with Gasteiger partial charge in [-0.2, -0.15) is 0 Å². The smallest absolute Gasteiger partial charge is 0.354 e. The molecule has 1 aliphatic heterocycles. The van der Waals surface area contributed by atoms with E-state index in [1.165, 1.54) is 6.08 Å². The molecule has 0 atom stereocenters. The molecule has 0 aliphatic carbocycles. The number of carboxylic acid groups (broad SMARTS) is 1. The van der Waals surface area contributed by atoms with Gasteiger partial charge in [0.15, 0.2) is 5.78 Å². The second-order valence-corrected chi connectivity index (χ2v) is 2.43. The molecule has 1 rings (SSSR count). The summed E-state index contributed by atoms with van der Waals surface area (Å²) < 4.78 is 0. The average Bonchev–Trinajstić information content (AvgIpc) is 2.05. The van der Waals surface area contributed by atoms with E-state index < -0.39 is 5.97 Å². The molecular weight excluding hydrogens is 158 g/mol. The van der Waals surface area contributed by atoms with Crippen molar-refractivity contribution >= 4 is 17.5 Å². The van der Waals surface area contributed by atoms with Gasteiger partial charge in [-0.25, -0.2) is 9.79 Å². The molecule has 12 heavy (non-hydrogen) atoms. The van der Waals surface area contributed by atoms with Gasteiger partial charge in [-0.1, -0.05) is 6.92 Å². The lowest BCUT2D eigenvalue weighted by Crippen LogP contribution is -2.18. The van der Waals surface area contributed by atoms with Gasteiger partial charge in [0.05, 0.1) is 5.71 Å². The van der Waals surface area contributed by atoms with Gasteiger partial charge >= 0.3 is 5.97 Å². The molecule has 0 bridgehead atoms. The summed E-state index contributed by atoms with van der Waals surface area (Å²) in [5, 5.41) is 8.55. The molecule has 0 saturated heterocycles. The zero-order valence-electron chi connectivity index (χ0n) is 6.70. The van der Waals surface area contributed by atoms with Gasteiger partial charge in [0.1, 0.15) is 5.70 Å².